The van der Waals surface area contributed by atoms with Crippen molar-refractivity contribution in [3.05, 3.63) is 59.7 Å². The van der Waals surface area contributed by atoms with Gasteiger partial charge in [0.25, 0.3) is 0 Å². The molecule has 2 aromatic rings. The van der Waals surface area contributed by atoms with Gasteiger partial charge < -0.3 is 25.2 Å². The molecule has 0 radical (unpaired) electrons. The number of aliphatic hydroxyl groups is 1. The molecule has 0 aromatic heterocycles. The number of benzene rings is 2. The number of nitrogens with one attached hydrogen (secondary N) is 2. The van der Waals surface area contributed by atoms with Crippen LogP contribution >= 0.6 is 0 Å². The zero-order valence-corrected chi connectivity index (χ0v) is 14.1. The van der Waals surface area contributed by atoms with Crippen LogP contribution in [0, 0.1) is 0 Å². The summed E-state index contributed by atoms with van der Waals surface area (Å²) in [5.41, 5.74) is 2.64. The van der Waals surface area contributed by atoms with Crippen molar-refractivity contribution in [3.63, 3.8) is 0 Å². The normalized spacial score (nSPS) is 18.5. The Labute approximate surface area is 146 Å². The summed E-state index contributed by atoms with van der Waals surface area (Å²) in [6.07, 6.45) is -0.0731. The quantitative estimate of drug-likeness (QED) is 0.705. The molecule has 1 aliphatic carbocycles. The maximum atomic E-state index is 12.3. The van der Waals surface area contributed by atoms with Gasteiger partial charge in [-0.1, -0.05) is 30.3 Å². The predicted molar refractivity (Wildman–Crippen MR) is 94.9 cm³/mol. The minimum atomic E-state index is -0.619. The monoisotopic (exact) mass is 342 g/mol. The number of hydrogen-bond donors (Lipinski definition) is 3. The van der Waals surface area contributed by atoms with Gasteiger partial charge in [0.1, 0.15) is 12.4 Å². The molecule has 3 rings (SSSR count). The number of hydrogen-bond acceptors (Lipinski definition) is 4. The molecule has 0 aliphatic heterocycles. The number of methoxy groups -OCH3 is 1. The van der Waals surface area contributed by atoms with Crippen LogP contribution in [0.3, 0.4) is 0 Å². The van der Waals surface area contributed by atoms with Crippen molar-refractivity contribution < 1.29 is 19.4 Å². The Kier molecular flexibility index (Phi) is 5.53. The molecule has 0 bridgehead atoms. The second-order valence-corrected chi connectivity index (χ2v) is 5.92. The van der Waals surface area contributed by atoms with E-state index in [1.54, 1.807) is 25.3 Å². The van der Waals surface area contributed by atoms with Crippen LogP contribution in [0.5, 0.6) is 5.75 Å². The van der Waals surface area contributed by atoms with Crippen molar-refractivity contribution in [2.24, 2.45) is 0 Å². The highest BCUT2D eigenvalue weighted by Gasteiger charge is 2.31. The smallest absolute Gasteiger partial charge is 0.319 e. The lowest BCUT2D eigenvalue weighted by Crippen LogP contribution is -2.36. The van der Waals surface area contributed by atoms with Crippen LogP contribution in [0.25, 0.3) is 0 Å². The summed E-state index contributed by atoms with van der Waals surface area (Å²) < 4.78 is 10.5. The van der Waals surface area contributed by atoms with Gasteiger partial charge in [0, 0.05) is 25.3 Å². The van der Waals surface area contributed by atoms with E-state index in [1.807, 2.05) is 30.3 Å². The fourth-order valence-electron chi connectivity index (χ4n) is 2.96. The van der Waals surface area contributed by atoms with Gasteiger partial charge >= 0.3 is 6.03 Å². The van der Waals surface area contributed by atoms with E-state index in [2.05, 4.69) is 10.6 Å². The number of urea groups is 1. The molecule has 25 heavy (non-hydrogen) atoms. The van der Waals surface area contributed by atoms with Gasteiger partial charge in [-0.2, -0.15) is 0 Å². The SMILES string of the molecule is COCCOc1cccc(NC(=O)N[C@@H]2c3ccccc3C[C@@H]2O)c1. The average molecular weight is 342 g/mol. The highest BCUT2D eigenvalue weighted by atomic mass is 16.5. The Morgan fingerprint density at radius 1 is 1.20 bits per heavy atom. The van der Waals surface area contributed by atoms with E-state index >= 15 is 0 Å². The molecule has 132 valence electrons. The van der Waals surface area contributed by atoms with E-state index in [0.717, 1.165) is 11.1 Å². The van der Waals surface area contributed by atoms with Crippen molar-refractivity contribution in [1.29, 1.82) is 0 Å². The molecule has 2 aromatic carbocycles. The molecule has 0 unspecified atom stereocenters. The molecule has 2 atom stereocenters. The number of ether oxygens (including phenoxy) is 2. The van der Waals surface area contributed by atoms with Crippen molar-refractivity contribution in [1.82, 2.24) is 5.32 Å². The molecule has 0 spiro atoms. The number of carbonyl (C=O) groups excluding carboxylic acids is 1. The van der Waals surface area contributed by atoms with Crippen LogP contribution < -0.4 is 15.4 Å². The van der Waals surface area contributed by atoms with E-state index < -0.39 is 12.1 Å². The molecule has 0 heterocycles. The van der Waals surface area contributed by atoms with Crippen LogP contribution in [0.1, 0.15) is 17.2 Å². The Hall–Kier alpha value is -2.57. The molecule has 6 nitrogen and oxygen atoms in total. The Morgan fingerprint density at radius 2 is 2.04 bits per heavy atom. The van der Waals surface area contributed by atoms with E-state index in [9.17, 15) is 9.90 Å². The Balaban J connectivity index is 1.60. The van der Waals surface area contributed by atoms with Crippen LogP contribution in [0.4, 0.5) is 10.5 Å². The first kappa shape index (κ1) is 17.3. The molecule has 1 aliphatic rings. The maximum absolute atomic E-state index is 12.3. The Bertz CT molecular complexity index is 735. The summed E-state index contributed by atoms with van der Waals surface area (Å²) in [6, 6.07) is 14.1. The second-order valence-electron chi connectivity index (χ2n) is 5.92. The highest BCUT2D eigenvalue weighted by Crippen LogP contribution is 2.31. The first-order valence-electron chi connectivity index (χ1n) is 8.22. The molecule has 3 N–H and O–H groups in total. The van der Waals surface area contributed by atoms with E-state index in [1.165, 1.54) is 0 Å². The third-order valence-electron chi connectivity index (χ3n) is 4.14. The highest BCUT2D eigenvalue weighted by molar-refractivity contribution is 5.89. The standard InChI is InChI=1S/C19H22N2O4/c1-24-9-10-25-15-7-4-6-14(12-15)20-19(23)21-18-16-8-3-2-5-13(16)11-17(18)22/h2-8,12,17-18,22H,9-11H2,1H3,(H2,20,21,23)/t17-,18+/m0/s1. The minimum absolute atomic E-state index is 0.366. The molecule has 2 amide bonds. The van der Waals surface area contributed by atoms with Gasteiger partial charge in [0.15, 0.2) is 0 Å². The lowest BCUT2D eigenvalue weighted by molar-refractivity contribution is 0.144. The van der Waals surface area contributed by atoms with Crippen molar-refractivity contribution in [2.75, 3.05) is 25.6 Å². The predicted octanol–water partition coefficient (Wildman–Crippen LogP) is 2.49. The zero-order chi connectivity index (χ0) is 17.6. The van der Waals surface area contributed by atoms with Gasteiger partial charge in [-0.25, -0.2) is 4.79 Å². The maximum Gasteiger partial charge on any atom is 0.319 e. The van der Waals surface area contributed by atoms with Crippen LogP contribution in [-0.2, 0) is 11.2 Å². The Morgan fingerprint density at radius 3 is 2.88 bits per heavy atom. The van der Waals surface area contributed by atoms with E-state index in [-0.39, 0.29) is 6.03 Å². The molecule has 0 fully saturated rings. The summed E-state index contributed by atoms with van der Waals surface area (Å²) in [5, 5.41) is 15.8. The second kappa shape index (κ2) is 8.00. The third-order valence-corrected chi connectivity index (χ3v) is 4.14. The molecule has 0 saturated heterocycles. The zero-order valence-electron chi connectivity index (χ0n) is 14.1. The van der Waals surface area contributed by atoms with Gasteiger partial charge in [0.2, 0.25) is 0 Å². The molecule has 6 heteroatoms. The summed E-state index contributed by atoms with van der Waals surface area (Å²) in [6.45, 7) is 0.939. The number of aliphatic hydroxyl groups excluding tert-OH is 1. The van der Waals surface area contributed by atoms with Gasteiger partial charge in [-0.15, -0.1) is 0 Å². The summed E-state index contributed by atoms with van der Waals surface area (Å²) in [5.74, 6) is 0.654. The largest absolute Gasteiger partial charge is 0.491 e. The number of carbonyl (C=O) groups is 1. The minimum Gasteiger partial charge on any atom is -0.491 e. The fraction of sp³-hybridized carbons (Fsp3) is 0.316. The van der Waals surface area contributed by atoms with Gasteiger partial charge in [-0.3, -0.25) is 0 Å². The molecule has 0 saturated carbocycles. The van der Waals surface area contributed by atoms with Crippen molar-refractivity contribution in [3.8, 4) is 5.75 Å². The molecular formula is C19H22N2O4. The fourth-order valence-corrected chi connectivity index (χ4v) is 2.96. The lowest BCUT2D eigenvalue weighted by Gasteiger charge is -2.18. The van der Waals surface area contributed by atoms with Crippen molar-refractivity contribution in [2.45, 2.75) is 18.6 Å². The number of amides is 2. The third kappa shape index (κ3) is 4.29. The van der Waals surface area contributed by atoms with E-state index in [4.69, 9.17) is 9.47 Å². The van der Waals surface area contributed by atoms with Crippen LogP contribution in [0.2, 0.25) is 0 Å². The van der Waals surface area contributed by atoms with Gasteiger partial charge in [0.05, 0.1) is 18.8 Å². The molecular weight excluding hydrogens is 320 g/mol. The summed E-state index contributed by atoms with van der Waals surface area (Å²) in [4.78, 5) is 12.3. The van der Waals surface area contributed by atoms with Crippen LogP contribution in [0.15, 0.2) is 48.5 Å². The number of fused-ring (bicyclic) bond motifs is 1. The van der Waals surface area contributed by atoms with Crippen LogP contribution in [-0.4, -0.2) is 37.6 Å². The summed E-state index contributed by atoms with van der Waals surface area (Å²) >= 11 is 0. The number of rotatable bonds is 6. The summed E-state index contributed by atoms with van der Waals surface area (Å²) in [7, 11) is 1.61. The number of anilines is 1. The first-order valence-corrected chi connectivity index (χ1v) is 8.22. The van der Waals surface area contributed by atoms with Gasteiger partial charge in [-0.05, 0) is 23.3 Å². The topological polar surface area (TPSA) is 79.8 Å². The average Bonchev–Trinajstić information content (AvgIpc) is 2.91. The lowest BCUT2D eigenvalue weighted by atomic mass is 10.1. The van der Waals surface area contributed by atoms with Crippen molar-refractivity contribution >= 4 is 11.7 Å². The first-order chi connectivity index (χ1) is 12.2. The van der Waals surface area contributed by atoms with E-state index in [0.29, 0.717) is 31.1 Å².